The van der Waals surface area contributed by atoms with Crippen LogP contribution in [0, 0.1) is 5.82 Å². The van der Waals surface area contributed by atoms with Crippen LogP contribution < -0.4 is 10.0 Å². The number of anilines is 1. The van der Waals surface area contributed by atoms with Gasteiger partial charge in [-0.2, -0.15) is 5.14 Å². The molecule has 1 aromatic heterocycles. The van der Waals surface area contributed by atoms with Gasteiger partial charge in [0.05, 0.1) is 18.9 Å². The maximum absolute atomic E-state index is 12.6. The number of nitrogens with zero attached hydrogens (tertiary/aromatic N) is 3. The lowest BCUT2D eigenvalue weighted by Gasteiger charge is -2.31. The second kappa shape index (κ2) is 4.94. The number of rotatable bonds is 2. The van der Waals surface area contributed by atoms with E-state index in [1.165, 1.54) is 0 Å². The lowest BCUT2D eigenvalue weighted by Crippen LogP contribution is -2.45. The molecule has 1 saturated heterocycles. The molecule has 16 heavy (non-hydrogen) atoms. The predicted molar refractivity (Wildman–Crippen MR) is 59.6 cm³/mol. The maximum atomic E-state index is 12.6. The minimum Gasteiger partial charge on any atom is -0.598 e. The van der Waals surface area contributed by atoms with E-state index in [0.29, 0.717) is 12.5 Å². The Bertz CT molecular complexity index is 348. The Morgan fingerprint density at radius 1 is 1.50 bits per heavy atom. The van der Waals surface area contributed by atoms with Crippen LogP contribution in [0.4, 0.5) is 10.3 Å². The minimum atomic E-state index is -1.32. The molecular formula is C9H13FN4OS. The Kier molecular flexibility index (Phi) is 3.57. The van der Waals surface area contributed by atoms with Crippen LogP contribution in [0.15, 0.2) is 12.4 Å². The molecule has 2 atom stereocenters. The molecule has 5 nitrogen and oxygen atoms in total. The second-order valence-electron chi connectivity index (χ2n) is 3.74. The van der Waals surface area contributed by atoms with E-state index in [1.807, 2.05) is 4.90 Å². The molecule has 1 aliphatic heterocycles. The lowest BCUT2D eigenvalue weighted by atomic mass is 10.1. The normalized spacial score (nSPS) is 23.2. The van der Waals surface area contributed by atoms with Gasteiger partial charge in [0, 0.05) is 24.3 Å². The number of piperidine rings is 1. The Hall–Kier alpha value is -0.920. The largest absolute Gasteiger partial charge is 0.598 e. The highest BCUT2D eigenvalue weighted by molar-refractivity contribution is 7.89. The van der Waals surface area contributed by atoms with E-state index in [2.05, 4.69) is 9.97 Å². The molecular weight excluding hydrogens is 231 g/mol. The second-order valence-corrected chi connectivity index (χ2v) is 5.06. The van der Waals surface area contributed by atoms with Crippen molar-refractivity contribution >= 4 is 17.3 Å². The number of nitrogens with two attached hydrogens (primary N) is 1. The van der Waals surface area contributed by atoms with Crippen LogP contribution in [0.25, 0.3) is 0 Å². The van der Waals surface area contributed by atoms with E-state index >= 15 is 0 Å². The Morgan fingerprint density at radius 2 is 2.19 bits per heavy atom. The highest BCUT2D eigenvalue weighted by Crippen LogP contribution is 2.18. The van der Waals surface area contributed by atoms with Crippen LogP contribution in [0.3, 0.4) is 0 Å². The van der Waals surface area contributed by atoms with Gasteiger partial charge in [-0.3, -0.25) is 0 Å². The first-order valence-electron chi connectivity index (χ1n) is 5.04. The fourth-order valence-electron chi connectivity index (χ4n) is 1.78. The molecule has 0 aliphatic carbocycles. The quantitative estimate of drug-likeness (QED) is 0.752. The Labute approximate surface area is 96.2 Å². The van der Waals surface area contributed by atoms with E-state index in [1.54, 1.807) is 0 Å². The summed E-state index contributed by atoms with van der Waals surface area (Å²) >= 11 is -1.32. The summed E-state index contributed by atoms with van der Waals surface area (Å²) in [6.45, 7) is 1.36. The molecule has 7 heteroatoms. The van der Waals surface area contributed by atoms with Gasteiger partial charge in [-0.25, -0.2) is 14.4 Å². The van der Waals surface area contributed by atoms with E-state index in [-0.39, 0.29) is 5.25 Å². The molecule has 2 unspecified atom stereocenters. The first-order chi connectivity index (χ1) is 7.66. The number of halogens is 1. The van der Waals surface area contributed by atoms with Gasteiger partial charge < -0.3 is 9.45 Å². The van der Waals surface area contributed by atoms with Gasteiger partial charge in [-0.1, -0.05) is 0 Å². The third-order valence-corrected chi connectivity index (χ3v) is 3.64. The number of hydrogen-bond acceptors (Lipinski definition) is 5. The molecule has 1 aliphatic rings. The fourth-order valence-corrected chi connectivity index (χ4v) is 2.50. The molecule has 1 aromatic rings. The zero-order chi connectivity index (χ0) is 11.5. The molecule has 2 rings (SSSR count). The Balaban J connectivity index is 2.06. The van der Waals surface area contributed by atoms with Crippen molar-refractivity contribution in [1.29, 1.82) is 0 Å². The molecule has 0 spiro atoms. The summed E-state index contributed by atoms with van der Waals surface area (Å²) in [5.74, 6) is 0.0104. The van der Waals surface area contributed by atoms with Crippen molar-refractivity contribution in [2.45, 2.75) is 18.1 Å². The van der Waals surface area contributed by atoms with Gasteiger partial charge in [0.1, 0.15) is 0 Å². The third kappa shape index (κ3) is 2.60. The molecule has 0 amide bonds. The first kappa shape index (κ1) is 11.6. The fraction of sp³-hybridized carbons (Fsp3) is 0.556. The highest BCUT2D eigenvalue weighted by atomic mass is 32.2. The molecule has 0 bridgehead atoms. The SMILES string of the molecule is N[S+]([O-])C1CCCN(c2ncc(F)cn2)C1. The summed E-state index contributed by atoms with van der Waals surface area (Å²) in [4.78, 5) is 9.68. The molecule has 1 fully saturated rings. The van der Waals surface area contributed by atoms with E-state index < -0.39 is 17.2 Å². The van der Waals surface area contributed by atoms with Gasteiger partial charge in [-0.05, 0) is 6.42 Å². The lowest BCUT2D eigenvalue weighted by molar-refractivity contribution is 0.526. The number of hydrogen-bond donors (Lipinski definition) is 1. The predicted octanol–water partition coefficient (Wildman–Crippen LogP) is 0.207. The summed E-state index contributed by atoms with van der Waals surface area (Å²) in [6, 6.07) is 0. The van der Waals surface area contributed by atoms with Gasteiger partial charge in [0.25, 0.3) is 0 Å². The molecule has 0 saturated carbocycles. The number of aromatic nitrogens is 2. The first-order valence-corrected chi connectivity index (χ1v) is 6.32. The average molecular weight is 244 g/mol. The third-order valence-electron chi connectivity index (χ3n) is 2.60. The van der Waals surface area contributed by atoms with Crippen molar-refractivity contribution in [1.82, 2.24) is 9.97 Å². The summed E-state index contributed by atoms with van der Waals surface area (Å²) < 4.78 is 23.8. The average Bonchev–Trinajstić information content (AvgIpc) is 2.30. The van der Waals surface area contributed by atoms with Crippen molar-refractivity contribution in [3.8, 4) is 0 Å². The zero-order valence-electron chi connectivity index (χ0n) is 8.67. The highest BCUT2D eigenvalue weighted by Gasteiger charge is 2.28. The van der Waals surface area contributed by atoms with Crippen molar-refractivity contribution in [3.05, 3.63) is 18.2 Å². The molecule has 2 N–H and O–H groups in total. The molecule has 0 aromatic carbocycles. The molecule has 88 valence electrons. The van der Waals surface area contributed by atoms with E-state index in [4.69, 9.17) is 5.14 Å². The van der Waals surface area contributed by atoms with Gasteiger partial charge >= 0.3 is 0 Å². The van der Waals surface area contributed by atoms with Gasteiger partial charge in [0.15, 0.2) is 11.1 Å². The summed E-state index contributed by atoms with van der Waals surface area (Å²) in [5.41, 5.74) is 0. The maximum Gasteiger partial charge on any atom is 0.225 e. The summed E-state index contributed by atoms with van der Waals surface area (Å²) in [7, 11) is 0. The van der Waals surface area contributed by atoms with Crippen molar-refractivity contribution < 1.29 is 8.94 Å². The zero-order valence-corrected chi connectivity index (χ0v) is 9.49. The topological polar surface area (TPSA) is 78.1 Å². The van der Waals surface area contributed by atoms with Crippen molar-refractivity contribution in [2.24, 2.45) is 5.14 Å². The van der Waals surface area contributed by atoms with Crippen molar-refractivity contribution in [3.63, 3.8) is 0 Å². The van der Waals surface area contributed by atoms with Crippen LogP contribution in [0.1, 0.15) is 12.8 Å². The summed E-state index contributed by atoms with van der Waals surface area (Å²) in [5, 5.41) is 5.32. The summed E-state index contributed by atoms with van der Waals surface area (Å²) in [6.07, 6.45) is 4.01. The van der Waals surface area contributed by atoms with Crippen molar-refractivity contribution in [2.75, 3.05) is 18.0 Å². The smallest absolute Gasteiger partial charge is 0.225 e. The van der Waals surface area contributed by atoms with Gasteiger partial charge in [-0.15, -0.1) is 0 Å². The van der Waals surface area contributed by atoms with Crippen LogP contribution in [0.2, 0.25) is 0 Å². The molecule has 0 radical (unpaired) electrons. The standard InChI is InChI=1S/C9H13FN4OS/c10-7-4-12-9(13-5-7)14-3-1-2-8(6-14)16(11)15/h4-5,8H,1-3,6,11H2. The monoisotopic (exact) mass is 244 g/mol. The van der Waals surface area contributed by atoms with Crippen LogP contribution in [-0.4, -0.2) is 32.9 Å². The van der Waals surface area contributed by atoms with Gasteiger partial charge in [0.2, 0.25) is 5.95 Å². The van der Waals surface area contributed by atoms with Crippen LogP contribution in [0.5, 0.6) is 0 Å². The van der Waals surface area contributed by atoms with E-state index in [0.717, 1.165) is 31.8 Å². The molecule has 2 heterocycles. The minimum absolute atomic E-state index is 0.0533. The van der Waals surface area contributed by atoms with Crippen LogP contribution in [-0.2, 0) is 11.4 Å². The van der Waals surface area contributed by atoms with E-state index in [9.17, 15) is 8.94 Å². The van der Waals surface area contributed by atoms with Crippen LogP contribution >= 0.6 is 0 Å². The Morgan fingerprint density at radius 3 is 2.81 bits per heavy atom.